The fourth-order valence-electron chi connectivity index (χ4n) is 2.62. The summed E-state index contributed by atoms with van der Waals surface area (Å²) in [6, 6.07) is 9.28. The predicted octanol–water partition coefficient (Wildman–Crippen LogP) is 3.42. The Morgan fingerprint density at radius 1 is 1.42 bits per heavy atom. The topological polar surface area (TPSA) is 53.2 Å². The van der Waals surface area contributed by atoms with Crippen LogP contribution >= 0.6 is 0 Å². The molecule has 3 heteroatoms. The van der Waals surface area contributed by atoms with Crippen molar-refractivity contribution in [2.45, 2.75) is 25.4 Å². The summed E-state index contributed by atoms with van der Waals surface area (Å²) < 4.78 is 5.71. The zero-order chi connectivity index (χ0) is 13.9. The van der Waals surface area contributed by atoms with Crippen molar-refractivity contribution in [3.8, 4) is 11.8 Å². The van der Waals surface area contributed by atoms with Gasteiger partial charge in [0.1, 0.15) is 5.75 Å². The molecule has 1 aromatic rings. The summed E-state index contributed by atoms with van der Waals surface area (Å²) in [5, 5.41) is 19.4. The van der Waals surface area contributed by atoms with E-state index in [4.69, 9.17) is 4.74 Å². The van der Waals surface area contributed by atoms with Crippen LogP contribution in [0.4, 0.5) is 0 Å². The molecule has 19 heavy (non-hydrogen) atoms. The Morgan fingerprint density at radius 2 is 2.16 bits per heavy atom. The number of allylic oxidation sites excluding steroid dienone is 2. The van der Waals surface area contributed by atoms with Crippen LogP contribution in [0.2, 0.25) is 0 Å². The lowest BCUT2D eigenvalue weighted by Gasteiger charge is -2.36. The summed E-state index contributed by atoms with van der Waals surface area (Å²) in [5.74, 6) is 0.176. The van der Waals surface area contributed by atoms with Gasteiger partial charge in [-0.05, 0) is 25.0 Å². The molecule has 0 radical (unpaired) electrons. The summed E-state index contributed by atoms with van der Waals surface area (Å²) in [5.41, 5.74) is 1.46. The van der Waals surface area contributed by atoms with Gasteiger partial charge in [0.15, 0.2) is 0 Å². The first kappa shape index (κ1) is 13.4. The van der Waals surface area contributed by atoms with Gasteiger partial charge in [-0.25, -0.2) is 0 Å². The van der Waals surface area contributed by atoms with Gasteiger partial charge in [0.2, 0.25) is 0 Å². The van der Waals surface area contributed by atoms with E-state index in [-0.39, 0.29) is 5.75 Å². The fraction of sp³-hybridized carbons (Fsp3) is 0.312. The minimum atomic E-state index is -0.543. The first-order valence-corrected chi connectivity index (χ1v) is 6.33. The molecule has 0 fully saturated rings. The molecule has 3 nitrogen and oxygen atoms in total. The Balaban J connectivity index is 2.72. The van der Waals surface area contributed by atoms with Crippen molar-refractivity contribution in [3.63, 3.8) is 0 Å². The van der Waals surface area contributed by atoms with Gasteiger partial charge in [0.05, 0.1) is 17.2 Å². The van der Waals surface area contributed by atoms with Crippen LogP contribution in [0.5, 0.6) is 5.75 Å². The minimum absolute atomic E-state index is 0.176. The van der Waals surface area contributed by atoms with Gasteiger partial charge in [-0.15, -0.1) is 0 Å². The average Bonchev–Trinajstić information content (AvgIpc) is 2.47. The van der Waals surface area contributed by atoms with E-state index in [9.17, 15) is 10.4 Å². The number of aromatic hydroxyl groups is 1. The highest BCUT2D eigenvalue weighted by molar-refractivity contribution is 5.83. The van der Waals surface area contributed by atoms with Crippen molar-refractivity contribution in [3.05, 3.63) is 47.6 Å². The van der Waals surface area contributed by atoms with Crippen molar-refractivity contribution >= 4 is 5.57 Å². The highest BCUT2D eigenvalue weighted by atomic mass is 16.5. The molecule has 1 aliphatic rings. The van der Waals surface area contributed by atoms with Crippen LogP contribution in [0.1, 0.15) is 25.3 Å². The molecule has 0 saturated carbocycles. The molecule has 1 aliphatic carbocycles. The molecular formula is C16H17NO2. The maximum absolute atomic E-state index is 10.1. The number of ether oxygens (including phenoxy) is 1. The van der Waals surface area contributed by atoms with Crippen molar-refractivity contribution in [2.75, 3.05) is 7.11 Å². The van der Waals surface area contributed by atoms with Crippen LogP contribution in [0.25, 0.3) is 5.57 Å². The quantitative estimate of drug-likeness (QED) is 0.900. The highest BCUT2D eigenvalue weighted by Gasteiger charge is 2.37. The molecule has 1 atom stereocenters. The molecule has 2 rings (SSSR count). The van der Waals surface area contributed by atoms with Gasteiger partial charge < -0.3 is 9.84 Å². The Kier molecular flexibility index (Phi) is 3.73. The third-order valence-electron chi connectivity index (χ3n) is 3.71. The van der Waals surface area contributed by atoms with Crippen molar-refractivity contribution in [1.82, 2.24) is 0 Å². The lowest BCUT2D eigenvalue weighted by atomic mass is 9.77. The average molecular weight is 255 g/mol. The molecule has 0 aliphatic heterocycles. The van der Waals surface area contributed by atoms with E-state index < -0.39 is 5.60 Å². The number of hydrogen-bond acceptors (Lipinski definition) is 3. The first-order valence-electron chi connectivity index (χ1n) is 6.33. The van der Waals surface area contributed by atoms with Crippen LogP contribution < -0.4 is 0 Å². The zero-order valence-electron chi connectivity index (χ0n) is 11.2. The number of nitrogens with zero attached hydrogens (tertiary/aromatic N) is 1. The Labute approximate surface area is 113 Å². The summed E-state index contributed by atoms with van der Waals surface area (Å²) >= 11 is 0. The van der Waals surface area contributed by atoms with Crippen LogP contribution in [-0.2, 0) is 4.74 Å². The second-order valence-electron chi connectivity index (χ2n) is 4.58. The monoisotopic (exact) mass is 255 g/mol. The number of methoxy groups -OCH3 is 1. The largest absolute Gasteiger partial charge is 0.507 e. The molecule has 98 valence electrons. The fourth-order valence-corrected chi connectivity index (χ4v) is 2.62. The summed E-state index contributed by atoms with van der Waals surface area (Å²) in [6.45, 7) is 2.03. The molecule has 0 amide bonds. The number of rotatable bonds is 3. The Morgan fingerprint density at radius 3 is 2.74 bits per heavy atom. The van der Waals surface area contributed by atoms with Gasteiger partial charge in [0, 0.05) is 18.2 Å². The molecule has 0 bridgehead atoms. The van der Waals surface area contributed by atoms with Gasteiger partial charge >= 0.3 is 0 Å². The normalized spacial score (nSPS) is 22.4. The van der Waals surface area contributed by atoms with E-state index in [0.29, 0.717) is 17.6 Å². The number of phenolic OH excluding ortho intramolecular Hbond substituents is 1. The maximum atomic E-state index is 10.1. The van der Waals surface area contributed by atoms with E-state index in [1.54, 1.807) is 25.3 Å². The molecular weight excluding hydrogens is 238 g/mol. The molecule has 0 saturated heterocycles. The number of phenols is 1. The predicted molar refractivity (Wildman–Crippen MR) is 74.4 cm³/mol. The molecule has 1 aromatic carbocycles. The van der Waals surface area contributed by atoms with Crippen molar-refractivity contribution < 1.29 is 9.84 Å². The minimum Gasteiger partial charge on any atom is -0.507 e. The maximum Gasteiger partial charge on any atom is 0.123 e. The van der Waals surface area contributed by atoms with Gasteiger partial charge in [-0.3, -0.25) is 0 Å². The van der Waals surface area contributed by atoms with Crippen molar-refractivity contribution in [1.29, 1.82) is 5.26 Å². The standard InChI is InChI=1S/C16H17NO2/c1-3-16(19-2)10-6-7-12(11-17)15(16)13-8-4-5-9-14(13)18/h4-9,18H,3,10H2,1-2H3/t16-/m1/s1. The van der Waals surface area contributed by atoms with E-state index >= 15 is 0 Å². The van der Waals surface area contributed by atoms with E-state index in [2.05, 4.69) is 6.07 Å². The number of benzene rings is 1. The van der Waals surface area contributed by atoms with E-state index in [1.165, 1.54) is 0 Å². The second kappa shape index (κ2) is 5.29. The third-order valence-corrected chi connectivity index (χ3v) is 3.71. The molecule has 0 unspecified atom stereocenters. The van der Waals surface area contributed by atoms with Crippen molar-refractivity contribution in [2.24, 2.45) is 0 Å². The lowest BCUT2D eigenvalue weighted by Crippen LogP contribution is -2.34. The Hall–Kier alpha value is -2.05. The highest BCUT2D eigenvalue weighted by Crippen LogP contribution is 2.44. The lowest BCUT2D eigenvalue weighted by molar-refractivity contribution is 0.0394. The molecule has 0 heterocycles. The van der Waals surface area contributed by atoms with Crippen LogP contribution in [0.15, 0.2) is 42.0 Å². The zero-order valence-corrected chi connectivity index (χ0v) is 11.2. The second-order valence-corrected chi connectivity index (χ2v) is 4.58. The number of hydrogen-bond donors (Lipinski definition) is 1. The van der Waals surface area contributed by atoms with Gasteiger partial charge in [-0.2, -0.15) is 5.26 Å². The van der Waals surface area contributed by atoms with E-state index in [1.807, 2.05) is 25.1 Å². The van der Waals surface area contributed by atoms with Gasteiger partial charge in [-0.1, -0.05) is 31.2 Å². The molecule has 0 aromatic heterocycles. The van der Waals surface area contributed by atoms with Gasteiger partial charge in [0.25, 0.3) is 0 Å². The SMILES string of the molecule is CC[C@@]1(OC)CC=CC(C#N)=C1c1ccccc1O. The molecule has 0 spiro atoms. The summed E-state index contributed by atoms with van der Waals surface area (Å²) in [6.07, 6.45) is 5.20. The van der Waals surface area contributed by atoms with E-state index in [0.717, 1.165) is 12.0 Å². The summed E-state index contributed by atoms with van der Waals surface area (Å²) in [7, 11) is 1.65. The van der Waals surface area contributed by atoms with Crippen LogP contribution in [-0.4, -0.2) is 17.8 Å². The smallest absolute Gasteiger partial charge is 0.123 e. The summed E-state index contributed by atoms with van der Waals surface area (Å²) in [4.78, 5) is 0. The third kappa shape index (κ3) is 2.16. The van der Waals surface area contributed by atoms with Crippen LogP contribution in [0, 0.1) is 11.3 Å². The first-order chi connectivity index (χ1) is 9.18. The Bertz CT molecular complexity index is 575. The number of para-hydroxylation sites is 1. The van der Waals surface area contributed by atoms with Crippen LogP contribution in [0.3, 0.4) is 0 Å². The molecule has 1 N–H and O–H groups in total. The number of nitriles is 1.